The summed E-state index contributed by atoms with van der Waals surface area (Å²) < 4.78 is 3.60. The summed E-state index contributed by atoms with van der Waals surface area (Å²) in [6.45, 7) is 3.60. The van der Waals surface area contributed by atoms with Crippen molar-refractivity contribution in [3.63, 3.8) is 0 Å². The molecule has 0 unspecified atom stereocenters. The van der Waals surface area contributed by atoms with Crippen molar-refractivity contribution in [2.45, 2.75) is 26.6 Å². The van der Waals surface area contributed by atoms with E-state index in [1.54, 1.807) is 10.6 Å². The Morgan fingerprint density at radius 1 is 1.04 bits per heavy atom. The van der Waals surface area contributed by atoms with E-state index in [9.17, 15) is 4.79 Å². The van der Waals surface area contributed by atoms with Gasteiger partial charge in [-0.05, 0) is 37.7 Å². The summed E-state index contributed by atoms with van der Waals surface area (Å²) in [4.78, 5) is 14.8. The molecule has 0 aliphatic heterocycles. The number of hydrogen-bond donors (Lipinski definition) is 0. The summed E-state index contributed by atoms with van der Waals surface area (Å²) in [6.07, 6.45) is 0. The van der Waals surface area contributed by atoms with Gasteiger partial charge in [0, 0.05) is 13.1 Å². The summed E-state index contributed by atoms with van der Waals surface area (Å²) >= 11 is 12.4. The molecule has 28 heavy (non-hydrogen) atoms. The maximum atomic E-state index is 12.8. The van der Waals surface area contributed by atoms with E-state index < -0.39 is 0 Å². The van der Waals surface area contributed by atoms with Crippen molar-refractivity contribution in [1.29, 1.82) is 0 Å². The number of benzene rings is 2. The van der Waals surface area contributed by atoms with Gasteiger partial charge in [-0.2, -0.15) is 0 Å². The third-order valence-corrected chi connectivity index (χ3v) is 5.63. The summed E-state index contributed by atoms with van der Waals surface area (Å²) in [5.41, 5.74) is 1.70. The van der Waals surface area contributed by atoms with Crippen molar-refractivity contribution < 1.29 is 0 Å². The van der Waals surface area contributed by atoms with E-state index in [4.69, 9.17) is 23.2 Å². The van der Waals surface area contributed by atoms with E-state index >= 15 is 0 Å². The molecule has 0 aliphatic rings. The molecule has 0 fully saturated rings. The lowest BCUT2D eigenvalue weighted by atomic mass is 10.2. The molecule has 2 heterocycles. The van der Waals surface area contributed by atoms with Crippen LogP contribution < -0.4 is 5.56 Å². The molecule has 2 aromatic heterocycles. The highest BCUT2D eigenvalue weighted by Crippen LogP contribution is 2.26. The summed E-state index contributed by atoms with van der Waals surface area (Å²) in [5.74, 6) is 1.31. The molecular weight excluding hydrogens is 397 g/mol. The molecule has 2 aromatic carbocycles. The second kappa shape index (κ2) is 7.54. The number of aryl methyl sites for hydroxylation is 1. The average Bonchev–Trinajstić information content (AvgIpc) is 3.09. The van der Waals surface area contributed by atoms with Crippen LogP contribution in [0.2, 0.25) is 10.0 Å². The Bertz CT molecular complexity index is 1230. The molecule has 0 saturated heterocycles. The van der Waals surface area contributed by atoms with Gasteiger partial charge in [0.05, 0.1) is 27.5 Å². The molecule has 4 aromatic rings. The minimum Gasteiger partial charge on any atom is -0.295 e. The van der Waals surface area contributed by atoms with Gasteiger partial charge in [-0.1, -0.05) is 47.5 Å². The van der Waals surface area contributed by atoms with Crippen LogP contribution in [0, 0.1) is 0 Å². The lowest BCUT2D eigenvalue weighted by Gasteiger charge is -2.17. The van der Waals surface area contributed by atoms with Crippen LogP contribution in [0.15, 0.2) is 47.3 Å². The Morgan fingerprint density at radius 2 is 1.82 bits per heavy atom. The van der Waals surface area contributed by atoms with Crippen molar-refractivity contribution in [2.75, 3.05) is 7.05 Å². The third-order valence-electron chi connectivity index (χ3n) is 4.77. The van der Waals surface area contributed by atoms with Crippen molar-refractivity contribution in [1.82, 2.24) is 24.1 Å². The first-order valence-corrected chi connectivity index (χ1v) is 9.73. The summed E-state index contributed by atoms with van der Waals surface area (Å²) in [6, 6.07) is 13.2. The molecule has 0 spiro atoms. The minimum atomic E-state index is -0.0522. The van der Waals surface area contributed by atoms with Crippen LogP contribution in [0.25, 0.3) is 16.7 Å². The molecular formula is C20H19Cl2N5O. The van der Waals surface area contributed by atoms with Gasteiger partial charge >= 0.3 is 0 Å². The van der Waals surface area contributed by atoms with Gasteiger partial charge in [-0.25, -0.2) is 0 Å². The molecule has 0 N–H and O–H groups in total. The van der Waals surface area contributed by atoms with Gasteiger partial charge in [0.25, 0.3) is 5.56 Å². The average molecular weight is 416 g/mol. The smallest absolute Gasteiger partial charge is 0.262 e. The van der Waals surface area contributed by atoms with Gasteiger partial charge in [-0.15, -0.1) is 10.2 Å². The maximum Gasteiger partial charge on any atom is 0.262 e. The number of rotatable bonds is 5. The number of aromatic nitrogens is 4. The van der Waals surface area contributed by atoms with E-state index in [-0.39, 0.29) is 5.56 Å². The minimum absolute atomic E-state index is 0.0522. The van der Waals surface area contributed by atoms with Crippen LogP contribution in [-0.2, 0) is 19.6 Å². The van der Waals surface area contributed by atoms with Gasteiger partial charge in [0.1, 0.15) is 0 Å². The third kappa shape index (κ3) is 3.17. The highest BCUT2D eigenvalue weighted by atomic mass is 35.5. The van der Waals surface area contributed by atoms with Crippen LogP contribution in [0.3, 0.4) is 0 Å². The highest BCUT2D eigenvalue weighted by molar-refractivity contribution is 6.42. The standard InChI is InChI=1S/C20H19Cl2N5O/c1-3-26-19(28)14-8-4-5-10-16(14)27-17(23-24-20(26)27)12-25(2)11-13-7-6-9-15(21)18(13)22/h4-10H,3,11-12H2,1-2H3. The van der Waals surface area contributed by atoms with Crippen molar-refractivity contribution >= 4 is 39.9 Å². The fourth-order valence-electron chi connectivity index (χ4n) is 3.46. The van der Waals surface area contributed by atoms with Gasteiger partial charge in [0.15, 0.2) is 5.82 Å². The second-order valence-electron chi connectivity index (χ2n) is 6.70. The molecule has 144 valence electrons. The maximum absolute atomic E-state index is 12.8. The lowest BCUT2D eigenvalue weighted by Crippen LogP contribution is -2.24. The van der Waals surface area contributed by atoms with Crippen molar-refractivity contribution in [3.05, 3.63) is 74.3 Å². The molecule has 0 atom stereocenters. The van der Waals surface area contributed by atoms with Gasteiger partial charge in [0.2, 0.25) is 5.78 Å². The topological polar surface area (TPSA) is 55.4 Å². The van der Waals surface area contributed by atoms with Crippen LogP contribution in [-0.4, -0.2) is 31.1 Å². The normalized spacial score (nSPS) is 11.8. The Morgan fingerprint density at radius 3 is 2.61 bits per heavy atom. The van der Waals surface area contributed by atoms with E-state index in [0.29, 0.717) is 40.8 Å². The monoisotopic (exact) mass is 415 g/mol. The number of halogens is 2. The molecule has 0 amide bonds. The van der Waals surface area contributed by atoms with E-state index in [1.807, 2.05) is 54.8 Å². The molecule has 6 nitrogen and oxygen atoms in total. The van der Waals surface area contributed by atoms with Gasteiger partial charge < -0.3 is 0 Å². The quantitative estimate of drug-likeness (QED) is 0.494. The molecule has 0 radical (unpaired) electrons. The zero-order valence-electron chi connectivity index (χ0n) is 15.6. The number of fused-ring (bicyclic) bond motifs is 3. The summed E-state index contributed by atoms with van der Waals surface area (Å²) in [7, 11) is 1.98. The van der Waals surface area contributed by atoms with Crippen LogP contribution in [0.5, 0.6) is 0 Å². The van der Waals surface area contributed by atoms with E-state index in [1.165, 1.54) is 0 Å². The van der Waals surface area contributed by atoms with E-state index in [0.717, 1.165) is 16.9 Å². The number of para-hydroxylation sites is 1. The fourth-order valence-corrected chi connectivity index (χ4v) is 3.84. The zero-order valence-corrected chi connectivity index (χ0v) is 17.1. The first kappa shape index (κ1) is 18.9. The molecule has 0 saturated carbocycles. The summed E-state index contributed by atoms with van der Waals surface area (Å²) in [5, 5.41) is 10.4. The predicted molar refractivity (Wildman–Crippen MR) is 112 cm³/mol. The first-order valence-electron chi connectivity index (χ1n) is 8.98. The largest absolute Gasteiger partial charge is 0.295 e. The molecule has 0 bridgehead atoms. The van der Waals surface area contributed by atoms with Crippen LogP contribution >= 0.6 is 23.2 Å². The Hall–Kier alpha value is -2.41. The fraction of sp³-hybridized carbons (Fsp3) is 0.250. The van der Waals surface area contributed by atoms with Crippen LogP contribution in [0.1, 0.15) is 18.3 Å². The van der Waals surface area contributed by atoms with Crippen LogP contribution in [0.4, 0.5) is 0 Å². The Balaban J connectivity index is 1.76. The first-order chi connectivity index (χ1) is 13.5. The number of nitrogens with zero attached hydrogens (tertiary/aromatic N) is 5. The highest BCUT2D eigenvalue weighted by Gasteiger charge is 2.17. The second-order valence-corrected chi connectivity index (χ2v) is 7.49. The molecule has 8 heteroatoms. The SMILES string of the molecule is CCn1c(=O)c2ccccc2n2c(CN(C)Cc3cccc(Cl)c3Cl)nnc12. The molecule has 4 rings (SSSR count). The van der Waals surface area contributed by atoms with Crippen molar-refractivity contribution in [2.24, 2.45) is 0 Å². The zero-order chi connectivity index (χ0) is 19.8. The Labute approximate surface area is 171 Å². The predicted octanol–water partition coefficient (Wildman–Crippen LogP) is 4.00. The van der Waals surface area contributed by atoms with E-state index in [2.05, 4.69) is 15.1 Å². The Kier molecular flexibility index (Phi) is 5.10. The number of hydrogen-bond acceptors (Lipinski definition) is 4. The lowest BCUT2D eigenvalue weighted by molar-refractivity contribution is 0.310. The molecule has 0 aliphatic carbocycles. The van der Waals surface area contributed by atoms with Gasteiger partial charge in [-0.3, -0.25) is 18.7 Å². The van der Waals surface area contributed by atoms with Crippen molar-refractivity contribution in [3.8, 4) is 0 Å².